The second-order valence-corrected chi connectivity index (χ2v) is 7.07. The molecule has 0 spiro atoms. The van der Waals surface area contributed by atoms with E-state index in [1.807, 2.05) is 19.1 Å². The van der Waals surface area contributed by atoms with Gasteiger partial charge < -0.3 is 14.5 Å². The monoisotopic (exact) mass is 341 g/mol. The predicted molar refractivity (Wildman–Crippen MR) is 97.7 cm³/mol. The Kier molecular flexibility index (Phi) is 5.16. The second kappa shape index (κ2) is 7.34. The number of fused-ring (bicyclic) bond motifs is 1. The lowest BCUT2D eigenvalue weighted by Crippen LogP contribution is -2.35. The van der Waals surface area contributed by atoms with Crippen LogP contribution < -0.4 is 10.1 Å². The van der Waals surface area contributed by atoms with Crippen LogP contribution in [0.1, 0.15) is 41.4 Å². The minimum atomic E-state index is -0.0194. The summed E-state index contributed by atoms with van der Waals surface area (Å²) in [5.74, 6) is 2.17. The van der Waals surface area contributed by atoms with Crippen molar-refractivity contribution in [1.29, 1.82) is 0 Å². The lowest BCUT2D eigenvalue weighted by molar-refractivity contribution is -0.126. The van der Waals surface area contributed by atoms with E-state index >= 15 is 0 Å². The number of amides is 1. The topological polar surface area (TPSA) is 51.5 Å². The standard InChI is InChI=1S/C21H27NO3/c1-13-10-20(24-4)15(3)19-11-16(7-8-18(13)19)14(2)21(23)22-12-17-6-5-9-25-17/h5-6,9-10,14,16H,7-8,11-12H2,1-4H3,(H,22,23)/t14-,16+/m0/s1. The molecule has 1 heterocycles. The van der Waals surface area contributed by atoms with E-state index in [-0.39, 0.29) is 11.8 Å². The fraction of sp³-hybridized carbons (Fsp3) is 0.476. The maximum Gasteiger partial charge on any atom is 0.223 e. The molecule has 0 radical (unpaired) electrons. The Morgan fingerprint density at radius 3 is 2.88 bits per heavy atom. The van der Waals surface area contributed by atoms with Gasteiger partial charge in [-0.25, -0.2) is 0 Å². The van der Waals surface area contributed by atoms with E-state index < -0.39 is 0 Å². The highest BCUT2D eigenvalue weighted by molar-refractivity contribution is 5.78. The zero-order chi connectivity index (χ0) is 18.0. The van der Waals surface area contributed by atoms with Crippen molar-refractivity contribution in [2.24, 2.45) is 11.8 Å². The normalized spacial score (nSPS) is 17.7. The van der Waals surface area contributed by atoms with Crippen LogP contribution in [0.25, 0.3) is 0 Å². The molecule has 0 unspecified atom stereocenters. The van der Waals surface area contributed by atoms with E-state index in [1.165, 1.54) is 22.3 Å². The molecule has 0 fully saturated rings. The van der Waals surface area contributed by atoms with Crippen LogP contribution in [0.3, 0.4) is 0 Å². The molecule has 1 N–H and O–H groups in total. The van der Waals surface area contributed by atoms with Crippen molar-refractivity contribution in [2.75, 3.05) is 7.11 Å². The SMILES string of the molecule is COc1cc(C)c2c(c1C)C[C@H]([C@H](C)C(=O)NCc1ccco1)CC2. The van der Waals surface area contributed by atoms with Crippen molar-refractivity contribution in [2.45, 2.75) is 46.6 Å². The third-order valence-corrected chi connectivity index (χ3v) is 5.60. The summed E-state index contributed by atoms with van der Waals surface area (Å²) < 4.78 is 10.8. The van der Waals surface area contributed by atoms with Gasteiger partial charge in [-0.1, -0.05) is 6.92 Å². The molecular formula is C21H27NO3. The molecule has 1 aliphatic carbocycles. The number of carbonyl (C=O) groups excluding carboxylic acids is 1. The van der Waals surface area contributed by atoms with E-state index in [9.17, 15) is 4.79 Å². The highest BCUT2D eigenvalue weighted by Crippen LogP contribution is 2.37. The second-order valence-electron chi connectivity index (χ2n) is 7.07. The minimum Gasteiger partial charge on any atom is -0.496 e. The molecule has 1 amide bonds. The fourth-order valence-electron chi connectivity index (χ4n) is 3.92. The largest absolute Gasteiger partial charge is 0.496 e. The van der Waals surface area contributed by atoms with Gasteiger partial charge in [-0.15, -0.1) is 0 Å². The lowest BCUT2D eigenvalue weighted by atomic mass is 9.74. The number of hydrogen-bond acceptors (Lipinski definition) is 3. The number of furan rings is 1. The molecular weight excluding hydrogens is 314 g/mol. The molecule has 25 heavy (non-hydrogen) atoms. The van der Waals surface area contributed by atoms with Crippen molar-refractivity contribution in [1.82, 2.24) is 5.32 Å². The summed E-state index contributed by atoms with van der Waals surface area (Å²) in [4.78, 5) is 12.5. The van der Waals surface area contributed by atoms with Gasteiger partial charge in [0, 0.05) is 5.92 Å². The molecule has 2 atom stereocenters. The van der Waals surface area contributed by atoms with Crippen LogP contribution >= 0.6 is 0 Å². The van der Waals surface area contributed by atoms with Gasteiger partial charge in [0.1, 0.15) is 11.5 Å². The summed E-state index contributed by atoms with van der Waals surface area (Å²) in [5.41, 5.74) is 5.33. The lowest BCUT2D eigenvalue weighted by Gasteiger charge is -2.31. The van der Waals surface area contributed by atoms with Crippen LogP contribution in [0.4, 0.5) is 0 Å². The molecule has 2 aromatic rings. The number of methoxy groups -OCH3 is 1. The Balaban J connectivity index is 1.71. The number of aryl methyl sites for hydroxylation is 1. The third kappa shape index (κ3) is 3.58. The van der Waals surface area contributed by atoms with Gasteiger partial charge in [-0.2, -0.15) is 0 Å². The molecule has 0 saturated carbocycles. The smallest absolute Gasteiger partial charge is 0.223 e. The summed E-state index contributed by atoms with van der Waals surface area (Å²) in [7, 11) is 1.72. The van der Waals surface area contributed by atoms with Crippen LogP contribution in [-0.2, 0) is 24.2 Å². The van der Waals surface area contributed by atoms with Crippen LogP contribution in [0, 0.1) is 25.7 Å². The Morgan fingerprint density at radius 1 is 1.40 bits per heavy atom. The van der Waals surface area contributed by atoms with Gasteiger partial charge in [0.05, 0.1) is 19.9 Å². The average molecular weight is 341 g/mol. The maximum atomic E-state index is 12.5. The number of rotatable bonds is 5. The molecule has 0 saturated heterocycles. The van der Waals surface area contributed by atoms with Crippen molar-refractivity contribution < 1.29 is 13.9 Å². The van der Waals surface area contributed by atoms with Crippen molar-refractivity contribution in [3.63, 3.8) is 0 Å². The highest BCUT2D eigenvalue weighted by atomic mass is 16.5. The van der Waals surface area contributed by atoms with E-state index in [2.05, 4.69) is 25.2 Å². The Bertz CT molecular complexity index is 749. The maximum absolute atomic E-state index is 12.5. The van der Waals surface area contributed by atoms with Crippen molar-refractivity contribution >= 4 is 5.91 Å². The first-order chi connectivity index (χ1) is 12.0. The van der Waals surface area contributed by atoms with Crippen LogP contribution in [0.15, 0.2) is 28.9 Å². The first kappa shape index (κ1) is 17.6. The summed E-state index contributed by atoms with van der Waals surface area (Å²) in [5, 5.41) is 3.00. The summed E-state index contributed by atoms with van der Waals surface area (Å²) in [6, 6.07) is 5.84. The van der Waals surface area contributed by atoms with Crippen molar-refractivity contribution in [3.05, 3.63) is 52.5 Å². The fourth-order valence-corrected chi connectivity index (χ4v) is 3.92. The number of carbonyl (C=O) groups is 1. The van der Waals surface area contributed by atoms with Crippen LogP contribution in [-0.4, -0.2) is 13.0 Å². The van der Waals surface area contributed by atoms with E-state index in [1.54, 1.807) is 13.4 Å². The van der Waals surface area contributed by atoms with E-state index in [0.717, 1.165) is 30.8 Å². The summed E-state index contributed by atoms with van der Waals surface area (Å²) in [6.45, 7) is 6.77. The first-order valence-corrected chi connectivity index (χ1v) is 8.97. The van der Waals surface area contributed by atoms with Crippen LogP contribution in [0.5, 0.6) is 5.75 Å². The molecule has 3 rings (SSSR count). The molecule has 0 aliphatic heterocycles. The molecule has 134 valence electrons. The van der Waals surface area contributed by atoms with Gasteiger partial charge in [0.25, 0.3) is 0 Å². The van der Waals surface area contributed by atoms with Gasteiger partial charge >= 0.3 is 0 Å². The van der Waals surface area contributed by atoms with Crippen LogP contribution in [0.2, 0.25) is 0 Å². The Labute approximate surface area is 149 Å². The van der Waals surface area contributed by atoms with Gasteiger partial charge in [0.2, 0.25) is 5.91 Å². The average Bonchev–Trinajstić information content (AvgIpc) is 3.15. The first-order valence-electron chi connectivity index (χ1n) is 8.97. The quantitative estimate of drug-likeness (QED) is 0.895. The molecule has 1 aromatic carbocycles. The van der Waals surface area contributed by atoms with Gasteiger partial charge in [0.15, 0.2) is 0 Å². The molecule has 4 nitrogen and oxygen atoms in total. The zero-order valence-corrected chi connectivity index (χ0v) is 15.5. The number of hydrogen-bond donors (Lipinski definition) is 1. The zero-order valence-electron chi connectivity index (χ0n) is 15.5. The van der Waals surface area contributed by atoms with E-state index in [4.69, 9.17) is 9.15 Å². The molecule has 4 heteroatoms. The Hall–Kier alpha value is -2.23. The van der Waals surface area contributed by atoms with Gasteiger partial charge in [-0.05, 0) is 79.5 Å². The number of ether oxygens (including phenoxy) is 1. The molecule has 1 aliphatic rings. The Morgan fingerprint density at radius 2 is 2.20 bits per heavy atom. The summed E-state index contributed by atoms with van der Waals surface area (Å²) in [6.07, 6.45) is 4.65. The van der Waals surface area contributed by atoms with Gasteiger partial charge in [-0.3, -0.25) is 4.79 Å². The third-order valence-electron chi connectivity index (χ3n) is 5.60. The molecule has 0 bridgehead atoms. The van der Waals surface area contributed by atoms with E-state index in [0.29, 0.717) is 12.5 Å². The number of benzene rings is 1. The summed E-state index contributed by atoms with van der Waals surface area (Å²) >= 11 is 0. The number of nitrogens with one attached hydrogen (secondary N) is 1. The minimum absolute atomic E-state index is 0.0194. The predicted octanol–water partition coefficient (Wildman–Crippen LogP) is 3.96. The van der Waals surface area contributed by atoms with Crippen molar-refractivity contribution in [3.8, 4) is 5.75 Å². The molecule has 1 aromatic heterocycles. The highest BCUT2D eigenvalue weighted by Gasteiger charge is 2.30.